The Labute approximate surface area is 64.5 Å². The molecular formula is C7H10N2S. The van der Waals surface area contributed by atoms with Crippen LogP contribution in [0.2, 0.25) is 0 Å². The van der Waals surface area contributed by atoms with Gasteiger partial charge in [0.15, 0.2) is 0 Å². The normalized spacial score (nSPS) is 18.2. The Bertz CT molecular complexity index is 189. The van der Waals surface area contributed by atoms with Crippen LogP contribution in [0.25, 0.3) is 0 Å². The Morgan fingerprint density at radius 3 is 2.80 bits per heavy atom. The summed E-state index contributed by atoms with van der Waals surface area (Å²) in [6.07, 6.45) is 4.64. The SMILES string of the molecule is c1ncc(N2CCCC2)s1. The van der Waals surface area contributed by atoms with Crippen LogP contribution in [0.1, 0.15) is 12.8 Å². The second kappa shape index (κ2) is 2.58. The molecule has 0 radical (unpaired) electrons. The molecule has 1 saturated heterocycles. The van der Waals surface area contributed by atoms with Gasteiger partial charge >= 0.3 is 0 Å². The van der Waals surface area contributed by atoms with E-state index in [0.717, 1.165) is 0 Å². The first-order valence-electron chi connectivity index (χ1n) is 3.60. The van der Waals surface area contributed by atoms with Crippen LogP contribution in [0.15, 0.2) is 11.7 Å². The highest BCUT2D eigenvalue weighted by Gasteiger charge is 2.12. The molecular weight excluding hydrogens is 144 g/mol. The average molecular weight is 154 g/mol. The summed E-state index contributed by atoms with van der Waals surface area (Å²) in [5, 5.41) is 1.33. The molecule has 1 aliphatic rings. The Hall–Kier alpha value is -0.570. The zero-order chi connectivity index (χ0) is 6.81. The topological polar surface area (TPSA) is 16.1 Å². The van der Waals surface area contributed by atoms with Gasteiger partial charge in [-0.2, -0.15) is 0 Å². The number of hydrogen-bond acceptors (Lipinski definition) is 3. The molecule has 0 saturated carbocycles. The molecule has 0 unspecified atom stereocenters. The average Bonchev–Trinajstić information content (AvgIpc) is 2.59. The molecule has 0 bridgehead atoms. The molecule has 10 heavy (non-hydrogen) atoms. The van der Waals surface area contributed by atoms with Crippen molar-refractivity contribution < 1.29 is 0 Å². The van der Waals surface area contributed by atoms with Gasteiger partial charge in [-0.05, 0) is 12.8 Å². The molecule has 3 heteroatoms. The summed E-state index contributed by atoms with van der Waals surface area (Å²) >= 11 is 1.74. The molecule has 0 atom stereocenters. The van der Waals surface area contributed by atoms with Crippen molar-refractivity contribution in [2.75, 3.05) is 18.0 Å². The second-order valence-corrected chi connectivity index (χ2v) is 3.40. The van der Waals surface area contributed by atoms with Gasteiger partial charge < -0.3 is 4.90 Å². The summed E-state index contributed by atoms with van der Waals surface area (Å²) in [5.74, 6) is 0. The minimum atomic E-state index is 1.22. The summed E-state index contributed by atoms with van der Waals surface area (Å²) in [6.45, 7) is 2.45. The number of anilines is 1. The predicted molar refractivity (Wildman–Crippen MR) is 43.6 cm³/mol. The lowest BCUT2D eigenvalue weighted by Gasteiger charge is -2.12. The Morgan fingerprint density at radius 2 is 2.20 bits per heavy atom. The van der Waals surface area contributed by atoms with Gasteiger partial charge in [-0.3, -0.25) is 4.98 Å². The molecule has 1 aliphatic heterocycles. The number of hydrogen-bond donors (Lipinski definition) is 0. The van der Waals surface area contributed by atoms with Crippen LogP contribution in [-0.4, -0.2) is 18.1 Å². The van der Waals surface area contributed by atoms with E-state index in [4.69, 9.17) is 0 Å². The van der Waals surface area contributed by atoms with Crippen LogP contribution in [0.5, 0.6) is 0 Å². The van der Waals surface area contributed by atoms with Gasteiger partial charge in [-0.15, -0.1) is 11.3 Å². The smallest absolute Gasteiger partial charge is 0.111 e. The molecule has 2 heterocycles. The molecule has 1 fully saturated rings. The standard InChI is InChI=1S/C7H10N2S/c1-2-4-9(3-1)7-5-8-6-10-7/h5-6H,1-4H2. The minimum Gasteiger partial charge on any atom is -0.362 e. The van der Waals surface area contributed by atoms with Gasteiger partial charge in [0.1, 0.15) is 5.00 Å². The van der Waals surface area contributed by atoms with Crippen LogP contribution < -0.4 is 4.90 Å². The predicted octanol–water partition coefficient (Wildman–Crippen LogP) is 1.74. The van der Waals surface area contributed by atoms with Crippen molar-refractivity contribution >= 4 is 16.3 Å². The van der Waals surface area contributed by atoms with Crippen LogP contribution in [0, 0.1) is 0 Å². The molecule has 54 valence electrons. The highest BCUT2D eigenvalue weighted by molar-refractivity contribution is 7.13. The third kappa shape index (κ3) is 1.01. The molecule has 0 amide bonds. The Morgan fingerprint density at radius 1 is 1.40 bits per heavy atom. The van der Waals surface area contributed by atoms with E-state index in [9.17, 15) is 0 Å². The summed E-state index contributed by atoms with van der Waals surface area (Å²) in [5.41, 5.74) is 1.90. The minimum absolute atomic E-state index is 1.22. The monoisotopic (exact) mass is 154 g/mol. The number of nitrogens with zero attached hydrogens (tertiary/aromatic N) is 2. The van der Waals surface area contributed by atoms with E-state index in [0.29, 0.717) is 0 Å². The highest BCUT2D eigenvalue weighted by atomic mass is 32.1. The van der Waals surface area contributed by atoms with Crippen LogP contribution in [0.3, 0.4) is 0 Å². The maximum Gasteiger partial charge on any atom is 0.111 e. The van der Waals surface area contributed by atoms with Crippen molar-refractivity contribution in [3.63, 3.8) is 0 Å². The fourth-order valence-corrected chi connectivity index (χ4v) is 1.99. The van der Waals surface area contributed by atoms with Crippen molar-refractivity contribution in [2.24, 2.45) is 0 Å². The zero-order valence-electron chi connectivity index (χ0n) is 5.79. The molecule has 0 spiro atoms. The van der Waals surface area contributed by atoms with Gasteiger partial charge in [0.2, 0.25) is 0 Å². The number of aromatic nitrogens is 1. The number of rotatable bonds is 1. The fraction of sp³-hybridized carbons (Fsp3) is 0.571. The fourth-order valence-electron chi connectivity index (χ4n) is 1.30. The first-order chi connectivity index (χ1) is 4.97. The van der Waals surface area contributed by atoms with Crippen molar-refractivity contribution in [1.82, 2.24) is 4.98 Å². The van der Waals surface area contributed by atoms with Crippen LogP contribution in [0.4, 0.5) is 5.00 Å². The van der Waals surface area contributed by atoms with Gasteiger partial charge in [-0.25, -0.2) is 0 Å². The van der Waals surface area contributed by atoms with E-state index in [-0.39, 0.29) is 0 Å². The lowest BCUT2D eigenvalue weighted by molar-refractivity contribution is 0.949. The van der Waals surface area contributed by atoms with Crippen LogP contribution >= 0.6 is 11.3 Å². The third-order valence-electron chi connectivity index (χ3n) is 1.84. The van der Waals surface area contributed by atoms with Gasteiger partial charge in [0.05, 0.1) is 11.7 Å². The zero-order valence-corrected chi connectivity index (χ0v) is 6.60. The summed E-state index contributed by atoms with van der Waals surface area (Å²) in [7, 11) is 0. The third-order valence-corrected chi connectivity index (χ3v) is 2.67. The lowest BCUT2D eigenvalue weighted by atomic mass is 10.4. The van der Waals surface area contributed by atoms with Crippen LogP contribution in [-0.2, 0) is 0 Å². The van der Waals surface area contributed by atoms with E-state index < -0.39 is 0 Å². The first-order valence-corrected chi connectivity index (χ1v) is 4.48. The summed E-state index contributed by atoms with van der Waals surface area (Å²) < 4.78 is 0. The highest BCUT2D eigenvalue weighted by Crippen LogP contribution is 2.23. The molecule has 1 aromatic heterocycles. The van der Waals surface area contributed by atoms with E-state index in [1.54, 1.807) is 11.3 Å². The quantitative estimate of drug-likeness (QED) is 0.612. The Balaban J connectivity index is 2.12. The van der Waals surface area contributed by atoms with E-state index >= 15 is 0 Å². The van der Waals surface area contributed by atoms with Gasteiger partial charge in [-0.1, -0.05) is 0 Å². The number of thiazole rings is 1. The van der Waals surface area contributed by atoms with Gasteiger partial charge in [0, 0.05) is 13.1 Å². The molecule has 0 aliphatic carbocycles. The molecule has 2 nitrogen and oxygen atoms in total. The second-order valence-electron chi connectivity index (χ2n) is 2.53. The van der Waals surface area contributed by atoms with E-state index in [2.05, 4.69) is 9.88 Å². The van der Waals surface area contributed by atoms with Crippen molar-refractivity contribution in [3.05, 3.63) is 11.7 Å². The molecule has 0 aromatic carbocycles. The van der Waals surface area contributed by atoms with E-state index in [1.165, 1.54) is 30.9 Å². The van der Waals surface area contributed by atoms with E-state index in [1.807, 2.05) is 11.7 Å². The van der Waals surface area contributed by atoms with Crippen molar-refractivity contribution in [3.8, 4) is 0 Å². The maximum absolute atomic E-state index is 4.04. The lowest BCUT2D eigenvalue weighted by Crippen LogP contribution is -2.15. The molecule has 2 rings (SSSR count). The Kier molecular flexibility index (Phi) is 1.59. The maximum atomic E-state index is 4.04. The van der Waals surface area contributed by atoms with Gasteiger partial charge in [0.25, 0.3) is 0 Å². The largest absolute Gasteiger partial charge is 0.362 e. The first kappa shape index (κ1) is 6.16. The van der Waals surface area contributed by atoms with Crippen molar-refractivity contribution in [2.45, 2.75) is 12.8 Å². The summed E-state index contributed by atoms with van der Waals surface area (Å²) in [6, 6.07) is 0. The molecule has 1 aromatic rings. The van der Waals surface area contributed by atoms with Crippen molar-refractivity contribution in [1.29, 1.82) is 0 Å². The summed E-state index contributed by atoms with van der Waals surface area (Å²) in [4.78, 5) is 6.44. The molecule has 0 N–H and O–H groups in total.